The number of rotatable bonds is 2. The van der Waals surface area contributed by atoms with Gasteiger partial charge in [0.15, 0.2) is 0 Å². The van der Waals surface area contributed by atoms with Crippen molar-refractivity contribution in [3.8, 4) is 0 Å². The van der Waals surface area contributed by atoms with Crippen LogP contribution in [0.2, 0.25) is 0 Å². The molecule has 0 aliphatic heterocycles. The van der Waals surface area contributed by atoms with E-state index in [1.54, 1.807) is 6.92 Å². The van der Waals surface area contributed by atoms with Crippen LogP contribution in [-0.2, 0) is 9.05 Å². The Morgan fingerprint density at radius 3 is 2.29 bits per heavy atom. The maximum absolute atomic E-state index is 11.3. The topological polar surface area (TPSA) is 34.1 Å². The molecule has 2 aromatic carbocycles. The quantitative estimate of drug-likeness (QED) is 0.777. The van der Waals surface area contributed by atoms with Crippen molar-refractivity contribution >= 4 is 30.5 Å². The maximum Gasteiger partial charge on any atom is 0.239 e. The fourth-order valence-corrected chi connectivity index (χ4v) is 2.58. The lowest BCUT2D eigenvalue weighted by molar-refractivity contribution is 0.600. The summed E-state index contributed by atoms with van der Waals surface area (Å²) in [6, 6.07) is 11.7. The molecule has 0 saturated carbocycles. The van der Waals surface area contributed by atoms with Crippen LogP contribution < -0.4 is 0 Å². The van der Waals surface area contributed by atoms with Crippen LogP contribution >= 0.6 is 10.7 Å². The average Bonchev–Trinajstić information content (AvgIpc) is 2.26. The molecular weight excluding hydrogens is 256 g/mol. The molecule has 2 nitrogen and oxygen atoms in total. The smallest absolute Gasteiger partial charge is 0.212 e. The van der Waals surface area contributed by atoms with Crippen molar-refractivity contribution in [2.24, 2.45) is 0 Å². The molecule has 0 fully saturated rings. The van der Waals surface area contributed by atoms with Gasteiger partial charge in [-0.2, -0.15) is 0 Å². The monoisotopic (exact) mass is 268 g/mol. The third-order valence-corrected chi connectivity index (χ3v) is 4.83. The molecule has 90 valence electrons. The van der Waals surface area contributed by atoms with Gasteiger partial charge in [-0.25, -0.2) is 8.42 Å². The first-order valence-electron chi connectivity index (χ1n) is 5.32. The van der Waals surface area contributed by atoms with Crippen LogP contribution in [0.4, 0.5) is 0 Å². The minimum absolute atomic E-state index is 0.685. The van der Waals surface area contributed by atoms with Gasteiger partial charge in [0.1, 0.15) is 0 Å². The van der Waals surface area contributed by atoms with E-state index in [0.29, 0.717) is 0 Å². The van der Waals surface area contributed by atoms with E-state index in [0.717, 1.165) is 16.3 Å². The van der Waals surface area contributed by atoms with Gasteiger partial charge < -0.3 is 0 Å². The molecule has 0 aliphatic rings. The molecule has 0 bridgehead atoms. The molecule has 0 aromatic heterocycles. The summed E-state index contributed by atoms with van der Waals surface area (Å²) in [4.78, 5) is 0. The molecule has 0 amide bonds. The largest absolute Gasteiger partial charge is 0.239 e. The number of halogens is 1. The molecule has 2 rings (SSSR count). The van der Waals surface area contributed by atoms with Crippen molar-refractivity contribution in [2.45, 2.75) is 19.1 Å². The van der Waals surface area contributed by atoms with Gasteiger partial charge in [0, 0.05) is 10.7 Å². The van der Waals surface area contributed by atoms with Crippen molar-refractivity contribution in [3.63, 3.8) is 0 Å². The normalized spacial score (nSPS) is 13.8. The Hall–Kier alpha value is -1.06. The lowest BCUT2D eigenvalue weighted by atomic mass is 10.0. The van der Waals surface area contributed by atoms with Gasteiger partial charge in [0.25, 0.3) is 0 Å². The highest BCUT2D eigenvalue weighted by Crippen LogP contribution is 2.28. The minimum atomic E-state index is -3.56. The Morgan fingerprint density at radius 1 is 1.06 bits per heavy atom. The van der Waals surface area contributed by atoms with E-state index in [-0.39, 0.29) is 0 Å². The summed E-state index contributed by atoms with van der Waals surface area (Å²) in [6.45, 7) is 3.62. The fourth-order valence-electron chi connectivity index (χ4n) is 1.80. The van der Waals surface area contributed by atoms with Crippen LogP contribution in [0.15, 0.2) is 36.4 Å². The second kappa shape index (κ2) is 4.31. The Labute approximate surface area is 106 Å². The zero-order valence-electron chi connectivity index (χ0n) is 9.64. The molecule has 0 heterocycles. The molecule has 0 radical (unpaired) electrons. The minimum Gasteiger partial charge on any atom is -0.212 e. The Bertz CT molecular complexity index is 662. The number of fused-ring (bicyclic) bond motifs is 1. The molecule has 0 saturated heterocycles. The molecule has 4 heteroatoms. The van der Waals surface area contributed by atoms with Crippen LogP contribution in [-0.4, -0.2) is 8.42 Å². The third kappa shape index (κ3) is 2.61. The average molecular weight is 269 g/mol. The highest BCUT2D eigenvalue weighted by atomic mass is 35.7. The Kier molecular flexibility index (Phi) is 3.15. The summed E-state index contributed by atoms with van der Waals surface area (Å²) in [7, 11) is 1.81. The summed E-state index contributed by atoms with van der Waals surface area (Å²) < 4.78 is 22.6. The molecule has 0 aliphatic carbocycles. The lowest BCUT2D eigenvalue weighted by Crippen LogP contribution is -2.02. The Morgan fingerprint density at radius 2 is 1.65 bits per heavy atom. The van der Waals surface area contributed by atoms with Crippen molar-refractivity contribution in [1.29, 1.82) is 0 Å². The van der Waals surface area contributed by atoms with Gasteiger partial charge in [-0.3, -0.25) is 0 Å². The second-order valence-corrected chi connectivity index (χ2v) is 7.18. The second-order valence-electron chi connectivity index (χ2n) is 4.23. The van der Waals surface area contributed by atoms with E-state index in [9.17, 15) is 8.42 Å². The SMILES string of the molecule is Cc1ccc2cc(C(C)S(=O)(=O)Cl)ccc2c1. The molecule has 0 N–H and O–H groups in total. The van der Waals surface area contributed by atoms with Gasteiger partial charge in [0.05, 0.1) is 5.25 Å². The van der Waals surface area contributed by atoms with Crippen molar-refractivity contribution in [3.05, 3.63) is 47.5 Å². The highest BCUT2D eigenvalue weighted by Gasteiger charge is 2.19. The van der Waals surface area contributed by atoms with Gasteiger partial charge >= 0.3 is 0 Å². The van der Waals surface area contributed by atoms with E-state index in [4.69, 9.17) is 10.7 Å². The van der Waals surface area contributed by atoms with Crippen LogP contribution in [0.1, 0.15) is 23.3 Å². The predicted octanol–water partition coefficient (Wildman–Crippen LogP) is 3.78. The number of hydrogen-bond donors (Lipinski definition) is 0. The van der Waals surface area contributed by atoms with Gasteiger partial charge in [-0.05, 0) is 36.2 Å². The van der Waals surface area contributed by atoms with Crippen LogP contribution in [0.25, 0.3) is 10.8 Å². The zero-order chi connectivity index (χ0) is 12.6. The van der Waals surface area contributed by atoms with E-state index in [1.165, 1.54) is 5.56 Å². The van der Waals surface area contributed by atoms with Gasteiger partial charge in [-0.15, -0.1) is 0 Å². The van der Waals surface area contributed by atoms with Crippen LogP contribution in [0.5, 0.6) is 0 Å². The van der Waals surface area contributed by atoms with Crippen molar-refractivity contribution < 1.29 is 8.42 Å². The van der Waals surface area contributed by atoms with Crippen molar-refractivity contribution in [1.82, 2.24) is 0 Å². The summed E-state index contributed by atoms with van der Waals surface area (Å²) in [6.07, 6.45) is 0. The molecule has 1 unspecified atom stereocenters. The van der Waals surface area contributed by atoms with Crippen LogP contribution in [0, 0.1) is 6.92 Å². The predicted molar refractivity (Wildman–Crippen MR) is 71.9 cm³/mol. The van der Waals surface area contributed by atoms with E-state index in [1.807, 2.05) is 37.3 Å². The number of hydrogen-bond acceptors (Lipinski definition) is 2. The maximum atomic E-state index is 11.3. The summed E-state index contributed by atoms with van der Waals surface area (Å²) >= 11 is 0. The summed E-state index contributed by atoms with van der Waals surface area (Å²) in [5.74, 6) is 0. The number of benzene rings is 2. The molecule has 2 aromatic rings. The van der Waals surface area contributed by atoms with E-state index < -0.39 is 14.3 Å². The Balaban J connectivity index is 2.56. The molecule has 17 heavy (non-hydrogen) atoms. The van der Waals surface area contributed by atoms with Crippen LogP contribution in [0.3, 0.4) is 0 Å². The van der Waals surface area contributed by atoms with Gasteiger partial charge in [-0.1, -0.05) is 35.9 Å². The first-order chi connectivity index (χ1) is 7.88. The highest BCUT2D eigenvalue weighted by molar-refractivity contribution is 8.13. The fraction of sp³-hybridized carbons (Fsp3) is 0.231. The first kappa shape index (κ1) is 12.4. The molecular formula is C13H13ClO2S. The van der Waals surface area contributed by atoms with Crippen molar-refractivity contribution in [2.75, 3.05) is 0 Å². The summed E-state index contributed by atoms with van der Waals surface area (Å²) in [5, 5.41) is 1.45. The van der Waals surface area contributed by atoms with E-state index in [2.05, 4.69) is 6.07 Å². The van der Waals surface area contributed by atoms with E-state index >= 15 is 0 Å². The molecule has 0 spiro atoms. The third-order valence-electron chi connectivity index (χ3n) is 2.91. The number of aryl methyl sites for hydroxylation is 1. The molecule has 1 atom stereocenters. The zero-order valence-corrected chi connectivity index (χ0v) is 11.2. The summed E-state index contributed by atoms with van der Waals surface area (Å²) in [5.41, 5.74) is 1.90. The first-order valence-corrected chi connectivity index (χ1v) is 7.69. The lowest BCUT2D eigenvalue weighted by Gasteiger charge is -2.09. The standard InChI is InChI=1S/C13H13ClO2S/c1-9-3-4-13-8-11(5-6-12(13)7-9)10(2)17(14,15)16/h3-8,10H,1-2H3. The van der Waals surface area contributed by atoms with Gasteiger partial charge in [0.2, 0.25) is 9.05 Å².